The number of nitrogens with one attached hydrogen (secondary N) is 1. The number of hydrogen-bond donors (Lipinski definition) is 2. The first-order chi connectivity index (χ1) is 20.9. The molecule has 0 aliphatic carbocycles. The second-order valence-electron chi connectivity index (χ2n) is 11.9. The van der Waals surface area contributed by atoms with Crippen LogP contribution in [0.25, 0.3) is 10.8 Å². The third kappa shape index (κ3) is 8.00. The number of fused-ring (bicyclic) bond motifs is 1. The molecule has 10 heteroatoms. The zero-order valence-corrected chi connectivity index (χ0v) is 25.2. The lowest BCUT2D eigenvalue weighted by molar-refractivity contribution is -0.160. The Balaban J connectivity index is 1.58. The Morgan fingerprint density at radius 2 is 1.68 bits per heavy atom. The van der Waals surface area contributed by atoms with Crippen molar-refractivity contribution in [1.82, 2.24) is 15.1 Å². The predicted molar refractivity (Wildman–Crippen MR) is 164 cm³/mol. The average molecular weight is 604 g/mol. The average Bonchev–Trinajstić information content (AvgIpc) is 2.96. The molecular weight excluding hydrogens is 565 g/mol. The summed E-state index contributed by atoms with van der Waals surface area (Å²) in [4.78, 5) is 55.7. The molecule has 0 aromatic heterocycles. The molecule has 44 heavy (non-hydrogen) atoms. The van der Waals surface area contributed by atoms with Gasteiger partial charge in [0.25, 0.3) is 0 Å². The van der Waals surface area contributed by atoms with Gasteiger partial charge in [-0.25, -0.2) is 14.0 Å². The highest BCUT2D eigenvalue weighted by molar-refractivity contribution is 5.94. The number of carbonyl (C=O) groups is 4. The van der Waals surface area contributed by atoms with Gasteiger partial charge in [-0.15, -0.1) is 6.58 Å². The number of alkyl carbamates (subject to hydrolysis) is 1. The van der Waals surface area contributed by atoms with E-state index in [0.717, 1.165) is 16.3 Å². The van der Waals surface area contributed by atoms with Crippen LogP contribution in [0.4, 0.5) is 9.18 Å². The van der Waals surface area contributed by atoms with Crippen LogP contribution in [0.2, 0.25) is 0 Å². The Morgan fingerprint density at radius 1 is 1.02 bits per heavy atom. The molecule has 1 fully saturated rings. The third-order valence-electron chi connectivity index (χ3n) is 7.45. The van der Waals surface area contributed by atoms with E-state index < -0.39 is 53.4 Å². The molecule has 232 valence electrons. The Bertz CT molecular complexity index is 1530. The zero-order valence-electron chi connectivity index (χ0n) is 25.2. The van der Waals surface area contributed by atoms with Crippen molar-refractivity contribution in [2.75, 3.05) is 13.1 Å². The Hall–Kier alpha value is -4.73. The van der Waals surface area contributed by atoms with Crippen LogP contribution in [0.3, 0.4) is 0 Å². The maximum atomic E-state index is 14.0. The summed E-state index contributed by atoms with van der Waals surface area (Å²) in [6, 6.07) is 15.7. The molecule has 1 aliphatic rings. The molecule has 1 heterocycles. The molecule has 0 radical (unpaired) electrons. The van der Waals surface area contributed by atoms with Gasteiger partial charge in [0.15, 0.2) is 0 Å². The molecule has 3 unspecified atom stereocenters. The van der Waals surface area contributed by atoms with Crippen LogP contribution >= 0.6 is 0 Å². The van der Waals surface area contributed by atoms with E-state index in [0.29, 0.717) is 5.56 Å². The van der Waals surface area contributed by atoms with Crippen LogP contribution in [-0.4, -0.2) is 75.6 Å². The van der Waals surface area contributed by atoms with Crippen LogP contribution in [0.15, 0.2) is 79.4 Å². The summed E-state index contributed by atoms with van der Waals surface area (Å²) in [5.74, 6) is -2.65. The van der Waals surface area contributed by atoms with Gasteiger partial charge in [0.1, 0.15) is 29.5 Å². The third-order valence-corrected chi connectivity index (χ3v) is 7.45. The summed E-state index contributed by atoms with van der Waals surface area (Å²) in [5, 5.41) is 14.8. The Morgan fingerprint density at radius 3 is 2.32 bits per heavy atom. The van der Waals surface area contributed by atoms with E-state index in [9.17, 15) is 28.7 Å². The standard InChI is InChI=1S/C34H38FN3O6/c1-5-8-28-31(40)38(29(32(41)42)21-23-11-14-24-9-6-7-10-25(24)19-23)18-17-37(28)30(39)27(36-33(43)44-34(2,3)4)20-22-12-15-26(35)16-13-22/h5-7,9-16,19,27-29H,1,8,17-18,20-21H2,2-4H3,(H,36,43)(H,41,42). The van der Waals surface area contributed by atoms with Crippen LogP contribution in [0, 0.1) is 5.82 Å². The molecule has 3 amide bonds. The van der Waals surface area contributed by atoms with Crippen molar-refractivity contribution in [3.8, 4) is 0 Å². The monoisotopic (exact) mass is 603 g/mol. The number of carbonyl (C=O) groups excluding carboxylic acids is 3. The maximum absolute atomic E-state index is 14.0. The summed E-state index contributed by atoms with van der Waals surface area (Å²) >= 11 is 0. The van der Waals surface area contributed by atoms with E-state index in [4.69, 9.17) is 4.74 Å². The quantitative estimate of drug-likeness (QED) is 0.324. The van der Waals surface area contributed by atoms with Gasteiger partial charge in [-0.05, 0) is 61.2 Å². The summed E-state index contributed by atoms with van der Waals surface area (Å²) in [6.07, 6.45) is 0.881. The van der Waals surface area contributed by atoms with Gasteiger partial charge >= 0.3 is 12.1 Å². The van der Waals surface area contributed by atoms with E-state index in [-0.39, 0.29) is 32.4 Å². The zero-order chi connectivity index (χ0) is 32.0. The molecule has 1 aliphatic heterocycles. The van der Waals surface area contributed by atoms with E-state index in [1.165, 1.54) is 40.1 Å². The first kappa shape index (κ1) is 32.2. The molecule has 0 bridgehead atoms. The molecule has 1 saturated heterocycles. The number of rotatable bonds is 10. The molecule has 4 rings (SSSR count). The van der Waals surface area contributed by atoms with Crippen molar-refractivity contribution in [2.24, 2.45) is 0 Å². The first-order valence-corrected chi connectivity index (χ1v) is 14.5. The number of carboxylic acid groups (broad SMARTS) is 1. The number of carboxylic acids is 1. The van der Waals surface area contributed by atoms with Crippen LogP contribution in [-0.2, 0) is 32.0 Å². The van der Waals surface area contributed by atoms with E-state index >= 15 is 0 Å². The van der Waals surface area contributed by atoms with Gasteiger partial charge in [0, 0.05) is 25.9 Å². The van der Waals surface area contributed by atoms with Crippen LogP contribution < -0.4 is 5.32 Å². The minimum atomic E-state index is -1.15. The van der Waals surface area contributed by atoms with Gasteiger partial charge in [-0.2, -0.15) is 0 Å². The SMILES string of the molecule is C=CCC1C(=O)N(C(Cc2ccc3ccccc3c2)C(=O)O)CCN1C(=O)C(Cc1ccc(F)cc1)NC(=O)OC(C)(C)C. The fourth-order valence-corrected chi connectivity index (χ4v) is 5.39. The summed E-state index contributed by atoms with van der Waals surface area (Å²) in [5.41, 5.74) is 0.535. The molecule has 9 nitrogen and oxygen atoms in total. The topological polar surface area (TPSA) is 116 Å². The highest BCUT2D eigenvalue weighted by Gasteiger charge is 2.43. The number of hydrogen-bond acceptors (Lipinski definition) is 5. The molecule has 3 atom stereocenters. The van der Waals surface area contributed by atoms with E-state index in [2.05, 4.69) is 11.9 Å². The summed E-state index contributed by atoms with van der Waals surface area (Å²) in [6.45, 7) is 8.85. The van der Waals surface area contributed by atoms with Crippen LogP contribution in [0.5, 0.6) is 0 Å². The Kier molecular flexibility index (Phi) is 10.0. The van der Waals surface area contributed by atoms with Gasteiger partial charge in [-0.3, -0.25) is 9.59 Å². The van der Waals surface area contributed by atoms with Crippen molar-refractivity contribution >= 4 is 34.6 Å². The summed E-state index contributed by atoms with van der Waals surface area (Å²) < 4.78 is 18.9. The summed E-state index contributed by atoms with van der Waals surface area (Å²) in [7, 11) is 0. The number of benzene rings is 3. The Labute approximate surface area is 256 Å². The van der Waals surface area contributed by atoms with Gasteiger partial charge in [0.2, 0.25) is 11.8 Å². The van der Waals surface area contributed by atoms with Crippen molar-refractivity contribution in [1.29, 1.82) is 0 Å². The van der Waals surface area contributed by atoms with E-state index in [1.54, 1.807) is 20.8 Å². The minimum Gasteiger partial charge on any atom is -0.480 e. The number of amides is 3. The van der Waals surface area contributed by atoms with Gasteiger partial charge < -0.3 is 25.0 Å². The highest BCUT2D eigenvalue weighted by atomic mass is 19.1. The highest BCUT2D eigenvalue weighted by Crippen LogP contribution is 2.23. The van der Waals surface area contributed by atoms with Crippen LogP contribution in [0.1, 0.15) is 38.3 Å². The second-order valence-corrected chi connectivity index (χ2v) is 11.9. The molecule has 3 aromatic carbocycles. The molecule has 0 spiro atoms. The second kappa shape index (κ2) is 13.7. The minimum absolute atomic E-state index is 0.0154. The van der Waals surface area contributed by atoms with Gasteiger partial charge in [-0.1, -0.05) is 60.7 Å². The number of piperazine rings is 1. The number of halogens is 1. The number of nitrogens with zero attached hydrogens (tertiary/aromatic N) is 2. The molecule has 0 saturated carbocycles. The number of ether oxygens (including phenoxy) is 1. The molecule has 2 N–H and O–H groups in total. The normalized spacial score (nSPS) is 16.7. The molecule has 3 aromatic rings. The number of aliphatic carboxylic acids is 1. The van der Waals surface area contributed by atoms with Crippen molar-refractivity contribution in [3.63, 3.8) is 0 Å². The fourth-order valence-electron chi connectivity index (χ4n) is 5.39. The first-order valence-electron chi connectivity index (χ1n) is 14.5. The van der Waals surface area contributed by atoms with Crippen molar-refractivity contribution < 1.29 is 33.4 Å². The molecular formula is C34H38FN3O6. The smallest absolute Gasteiger partial charge is 0.408 e. The lowest BCUT2D eigenvalue weighted by atomic mass is 9.97. The van der Waals surface area contributed by atoms with Crippen molar-refractivity contribution in [2.45, 2.75) is 63.8 Å². The fraction of sp³-hybridized carbons (Fsp3) is 0.353. The lowest BCUT2D eigenvalue weighted by Crippen LogP contribution is -2.65. The lowest BCUT2D eigenvalue weighted by Gasteiger charge is -2.43. The van der Waals surface area contributed by atoms with E-state index in [1.807, 2.05) is 42.5 Å². The maximum Gasteiger partial charge on any atom is 0.408 e. The van der Waals surface area contributed by atoms with Gasteiger partial charge in [0.05, 0.1) is 0 Å². The van der Waals surface area contributed by atoms with Crippen molar-refractivity contribution in [3.05, 3.63) is 96.3 Å². The predicted octanol–water partition coefficient (Wildman–Crippen LogP) is 4.73. The largest absolute Gasteiger partial charge is 0.480 e.